The van der Waals surface area contributed by atoms with Gasteiger partial charge in [0, 0.05) is 5.92 Å². The van der Waals surface area contributed by atoms with E-state index in [-0.39, 0.29) is 24.5 Å². The maximum absolute atomic E-state index is 10.2. The first-order chi connectivity index (χ1) is 8.39. The van der Waals surface area contributed by atoms with E-state index >= 15 is 0 Å². The van der Waals surface area contributed by atoms with Crippen LogP contribution in [0.2, 0.25) is 0 Å². The van der Waals surface area contributed by atoms with E-state index in [0.29, 0.717) is 11.8 Å². The van der Waals surface area contributed by atoms with Gasteiger partial charge in [-0.15, -0.1) is 0 Å². The van der Waals surface area contributed by atoms with E-state index in [4.69, 9.17) is 0 Å². The van der Waals surface area contributed by atoms with Crippen LogP contribution >= 0.6 is 0 Å². The molecule has 2 aliphatic rings. The van der Waals surface area contributed by atoms with Crippen LogP contribution in [0.1, 0.15) is 40.0 Å². The minimum Gasteiger partial charge on any atom is -0.396 e. The molecule has 1 saturated carbocycles. The fourth-order valence-corrected chi connectivity index (χ4v) is 3.96. The van der Waals surface area contributed by atoms with E-state index in [0.717, 1.165) is 24.8 Å². The molecular weight excluding hydrogens is 228 g/mol. The van der Waals surface area contributed by atoms with Crippen molar-refractivity contribution in [2.24, 2.45) is 23.2 Å². The topological polar surface area (TPSA) is 60.7 Å². The molecule has 2 aliphatic carbocycles. The first kappa shape index (κ1) is 14.0. The predicted octanol–water partition coefficient (Wildman–Crippen LogP) is 1.72. The Kier molecular flexibility index (Phi) is 3.86. The highest BCUT2D eigenvalue weighted by molar-refractivity contribution is 5.28. The van der Waals surface area contributed by atoms with Crippen LogP contribution in [0.5, 0.6) is 0 Å². The zero-order valence-corrected chi connectivity index (χ0v) is 11.7. The number of aliphatic hydroxyl groups is 3. The van der Waals surface area contributed by atoms with Crippen LogP contribution in [0.4, 0.5) is 0 Å². The summed E-state index contributed by atoms with van der Waals surface area (Å²) in [5, 5.41) is 29.4. The molecule has 0 aromatic heterocycles. The van der Waals surface area contributed by atoms with E-state index < -0.39 is 6.10 Å². The molecule has 0 spiro atoms. The second-order valence-corrected chi connectivity index (χ2v) is 6.93. The number of fused-ring (bicyclic) bond motifs is 1. The lowest BCUT2D eigenvalue weighted by molar-refractivity contribution is 0.0615. The van der Waals surface area contributed by atoms with Gasteiger partial charge >= 0.3 is 0 Å². The molecule has 18 heavy (non-hydrogen) atoms. The van der Waals surface area contributed by atoms with Crippen molar-refractivity contribution in [3.8, 4) is 0 Å². The Morgan fingerprint density at radius 2 is 1.94 bits per heavy atom. The second kappa shape index (κ2) is 4.95. The minimum atomic E-state index is -0.520. The lowest BCUT2D eigenvalue weighted by Gasteiger charge is -2.24. The van der Waals surface area contributed by atoms with Gasteiger partial charge in [-0.3, -0.25) is 0 Å². The summed E-state index contributed by atoms with van der Waals surface area (Å²) in [5.74, 6) is 0.620. The molecule has 0 aromatic carbocycles. The molecular formula is C15H26O3. The van der Waals surface area contributed by atoms with E-state index in [1.165, 1.54) is 5.57 Å². The maximum atomic E-state index is 10.2. The lowest BCUT2D eigenvalue weighted by Crippen LogP contribution is -2.28. The molecule has 0 amide bonds. The van der Waals surface area contributed by atoms with Gasteiger partial charge in [0.1, 0.15) is 0 Å². The van der Waals surface area contributed by atoms with Crippen LogP contribution in [0.3, 0.4) is 0 Å². The predicted molar refractivity (Wildman–Crippen MR) is 71.0 cm³/mol. The van der Waals surface area contributed by atoms with Crippen LogP contribution < -0.4 is 0 Å². The van der Waals surface area contributed by atoms with Crippen LogP contribution in [-0.2, 0) is 0 Å². The van der Waals surface area contributed by atoms with Crippen LogP contribution in [0.25, 0.3) is 0 Å². The number of allylic oxidation sites excluding steroid dienone is 1. The molecule has 0 radical (unpaired) electrons. The van der Waals surface area contributed by atoms with Crippen molar-refractivity contribution in [1.82, 2.24) is 0 Å². The van der Waals surface area contributed by atoms with Gasteiger partial charge in [-0.05, 0) is 42.1 Å². The fourth-order valence-electron chi connectivity index (χ4n) is 3.96. The molecule has 1 fully saturated rings. The Morgan fingerprint density at radius 1 is 1.28 bits per heavy atom. The molecule has 2 rings (SSSR count). The third-order valence-corrected chi connectivity index (χ3v) is 4.88. The number of rotatable bonds is 2. The molecule has 4 unspecified atom stereocenters. The average Bonchev–Trinajstić information content (AvgIpc) is 2.57. The second-order valence-electron chi connectivity index (χ2n) is 6.93. The van der Waals surface area contributed by atoms with Gasteiger partial charge in [0.05, 0.1) is 19.3 Å². The van der Waals surface area contributed by atoms with Gasteiger partial charge in [0.15, 0.2) is 0 Å². The van der Waals surface area contributed by atoms with E-state index in [1.807, 2.05) is 0 Å². The quantitative estimate of drug-likeness (QED) is 0.658. The molecule has 3 heteroatoms. The van der Waals surface area contributed by atoms with Crippen molar-refractivity contribution in [3.05, 3.63) is 11.1 Å². The van der Waals surface area contributed by atoms with E-state index in [1.54, 1.807) is 0 Å². The fraction of sp³-hybridized carbons (Fsp3) is 0.867. The van der Waals surface area contributed by atoms with Gasteiger partial charge in [0.2, 0.25) is 0 Å². The van der Waals surface area contributed by atoms with Crippen molar-refractivity contribution in [2.75, 3.05) is 13.2 Å². The highest BCUT2D eigenvalue weighted by Crippen LogP contribution is 2.52. The summed E-state index contributed by atoms with van der Waals surface area (Å²) in [4.78, 5) is 0. The SMILES string of the molecule is CC1CC(O)C(CO)C(CO)=C2CC(C)(C)CC21. The Labute approximate surface area is 110 Å². The summed E-state index contributed by atoms with van der Waals surface area (Å²) in [6.45, 7) is 6.61. The smallest absolute Gasteiger partial charge is 0.0649 e. The first-order valence-electron chi connectivity index (χ1n) is 7.01. The summed E-state index contributed by atoms with van der Waals surface area (Å²) in [5.41, 5.74) is 2.49. The van der Waals surface area contributed by atoms with Crippen molar-refractivity contribution in [3.63, 3.8) is 0 Å². The largest absolute Gasteiger partial charge is 0.396 e. The molecule has 3 N–H and O–H groups in total. The van der Waals surface area contributed by atoms with Crippen molar-refractivity contribution in [1.29, 1.82) is 0 Å². The first-order valence-corrected chi connectivity index (χ1v) is 7.01. The third kappa shape index (κ3) is 2.36. The van der Waals surface area contributed by atoms with Gasteiger partial charge in [-0.2, -0.15) is 0 Å². The highest BCUT2D eigenvalue weighted by atomic mass is 16.3. The molecule has 0 aliphatic heterocycles. The van der Waals surface area contributed by atoms with E-state index in [9.17, 15) is 15.3 Å². The molecule has 0 aromatic rings. The normalized spacial score (nSPS) is 39.7. The Morgan fingerprint density at radius 3 is 2.50 bits per heavy atom. The van der Waals surface area contributed by atoms with Crippen LogP contribution in [-0.4, -0.2) is 34.6 Å². The highest BCUT2D eigenvalue weighted by Gasteiger charge is 2.43. The van der Waals surface area contributed by atoms with Gasteiger partial charge < -0.3 is 15.3 Å². The number of hydrogen-bond donors (Lipinski definition) is 3. The summed E-state index contributed by atoms with van der Waals surface area (Å²) in [6.07, 6.45) is 2.31. The zero-order valence-electron chi connectivity index (χ0n) is 11.7. The van der Waals surface area contributed by atoms with Crippen molar-refractivity contribution >= 4 is 0 Å². The Balaban J connectivity index is 2.44. The summed E-state index contributed by atoms with van der Waals surface area (Å²) < 4.78 is 0. The minimum absolute atomic E-state index is 0.0308. The van der Waals surface area contributed by atoms with Gasteiger partial charge in [0.25, 0.3) is 0 Å². The molecule has 104 valence electrons. The Hall–Kier alpha value is -0.380. The summed E-state index contributed by atoms with van der Waals surface area (Å²) in [6, 6.07) is 0. The van der Waals surface area contributed by atoms with Crippen LogP contribution in [0.15, 0.2) is 11.1 Å². The summed E-state index contributed by atoms with van der Waals surface area (Å²) >= 11 is 0. The monoisotopic (exact) mass is 254 g/mol. The third-order valence-electron chi connectivity index (χ3n) is 4.88. The van der Waals surface area contributed by atoms with Crippen LogP contribution in [0, 0.1) is 23.2 Å². The Bertz CT molecular complexity index is 346. The maximum Gasteiger partial charge on any atom is 0.0649 e. The molecule has 0 saturated heterocycles. The van der Waals surface area contributed by atoms with Crippen molar-refractivity contribution in [2.45, 2.75) is 46.1 Å². The van der Waals surface area contributed by atoms with Gasteiger partial charge in [-0.25, -0.2) is 0 Å². The summed E-state index contributed by atoms with van der Waals surface area (Å²) in [7, 11) is 0. The lowest BCUT2D eigenvalue weighted by atomic mass is 9.83. The standard InChI is InChI=1S/C15H26O3/c1-9-4-14(18)13(8-17)12(7-16)11-6-15(2,3)5-10(9)11/h9-10,13-14,16-18H,4-8H2,1-3H3. The average molecular weight is 254 g/mol. The van der Waals surface area contributed by atoms with Gasteiger partial charge in [-0.1, -0.05) is 26.3 Å². The number of aliphatic hydroxyl groups excluding tert-OH is 3. The molecule has 3 nitrogen and oxygen atoms in total. The van der Waals surface area contributed by atoms with E-state index in [2.05, 4.69) is 20.8 Å². The molecule has 0 heterocycles. The number of hydrogen-bond acceptors (Lipinski definition) is 3. The van der Waals surface area contributed by atoms with Crippen molar-refractivity contribution < 1.29 is 15.3 Å². The molecule has 0 bridgehead atoms. The molecule has 4 atom stereocenters. The zero-order chi connectivity index (χ0) is 13.5.